The predicted molar refractivity (Wildman–Crippen MR) is 86.1 cm³/mol. The van der Waals surface area contributed by atoms with Crippen LogP contribution in [0.3, 0.4) is 0 Å². The number of piperidine rings is 1. The minimum absolute atomic E-state index is 0.163. The average Bonchev–Trinajstić information content (AvgIpc) is 2.75. The van der Waals surface area contributed by atoms with Gasteiger partial charge in [0.15, 0.2) is 11.8 Å². The first-order chi connectivity index (χ1) is 10.6. The molecule has 1 aromatic rings. The van der Waals surface area contributed by atoms with Gasteiger partial charge in [-0.05, 0) is 23.6 Å². The van der Waals surface area contributed by atoms with E-state index >= 15 is 4.39 Å². The molecule has 0 aromatic heterocycles. The molecule has 6 heteroatoms. The van der Waals surface area contributed by atoms with Gasteiger partial charge in [0.05, 0.1) is 6.54 Å². The van der Waals surface area contributed by atoms with Crippen molar-refractivity contribution in [3.8, 4) is 5.75 Å². The molecule has 1 aromatic carbocycles. The standard InChI is InChI=1S/C17H21ClFNO3/c1-16(2,3)14-11-8-10(18)4-5-12(11)23-17(14)6-7-20(15(21)22)9-13(17)19/h4-5,8,13-14H,6-7,9H2,1-3H3,(H,21,22). The van der Waals surface area contributed by atoms with E-state index in [4.69, 9.17) is 21.4 Å². The Morgan fingerprint density at radius 2 is 2.17 bits per heavy atom. The van der Waals surface area contributed by atoms with E-state index in [0.717, 1.165) is 10.5 Å². The fourth-order valence-electron chi connectivity index (χ4n) is 4.08. The second kappa shape index (κ2) is 5.26. The molecule has 0 radical (unpaired) electrons. The van der Waals surface area contributed by atoms with Gasteiger partial charge in [-0.2, -0.15) is 0 Å². The molecule has 1 fully saturated rings. The Hall–Kier alpha value is -1.49. The summed E-state index contributed by atoms with van der Waals surface area (Å²) in [6, 6.07) is 5.36. The van der Waals surface area contributed by atoms with E-state index in [1.165, 1.54) is 0 Å². The van der Waals surface area contributed by atoms with Crippen molar-refractivity contribution in [3.63, 3.8) is 0 Å². The largest absolute Gasteiger partial charge is 0.483 e. The molecule has 1 amide bonds. The van der Waals surface area contributed by atoms with E-state index < -0.39 is 17.9 Å². The normalized spacial score (nSPS) is 30.2. The molecule has 0 bridgehead atoms. The minimum atomic E-state index is -1.39. The van der Waals surface area contributed by atoms with Crippen molar-refractivity contribution in [2.24, 2.45) is 5.41 Å². The summed E-state index contributed by atoms with van der Waals surface area (Å²) in [7, 11) is 0. The number of benzene rings is 1. The van der Waals surface area contributed by atoms with E-state index in [0.29, 0.717) is 17.2 Å². The Morgan fingerprint density at radius 1 is 1.48 bits per heavy atom. The van der Waals surface area contributed by atoms with Crippen LogP contribution in [0, 0.1) is 5.41 Å². The summed E-state index contributed by atoms with van der Waals surface area (Å²) in [5.74, 6) is 0.468. The molecule has 0 saturated carbocycles. The van der Waals surface area contributed by atoms with Gasteiger partial charge < -0.3 is 14.7 Å². The van der Waals surface area contributed by atoms with Crippen molar-refractivity contribution in [2.45, 2.75) is 44.9 Å². The highest BCUT2D eigenvalue weighted by molar-refractivity contribution is 6.30. The number of carbonyl (C=O) groups is 1. The van der Waals surface area contributed by atoms with E-state index in [1.54, 1.807) is 12.1 Å². The molecule has 1 N–H and O–H groups in total. The Labute approximate surface area is 140 Å². The summed E-state index contributed by atoms with van der Waals surface area (Å²) in [6.07, 6.45) is -2.15. The van der Waals surface area contributed by atoms with Gasteiger partial charge in [-0.25, -0.2) is 9.18 Å². The van der Waals surface area contributed by atoms with Crippen LogP contribution < -0.4 is 4.74 Å². The lowest BCUT2D eigenvalue weighted by Gasteiger charge is -2.47. The molecule has 2 aliphatic rings. The highest BCUT2D eigenvalue weighted by Crippen LogP contribution is 2.57. The van der Waals surface area contributed by atoms with Crippen molar-refractivity contribution in [1.29, 1.82) is 0 Å². The summed E-state index contributed by atoms with van der Waals surface area (Å²) < 4.78 is 21.3. The molecule has 4 nitrogen and oxygen atoms in total. The molecule has 126 valence electrons. The number of hydrogen-bond acceptors (Lipinski definition) is 2. The van der Waals surface area contributed by atoms with Crippen LogP contribution >= 0.6 is 11.6 Å². The third kappa shape index (κ3) is 2.55. The quantitative estimate of drug-likeness (QED) is 0.764. The van der Waals surface area contributed by atoms with Crippen molar-refractivity contribution in [1.82, 2.24) is 4.90 Å². The third-order valence-corrected chi connectivity index (χ3v) is 5.13. The van der Waals surface area contributed by atoms with Crippen LogP contribution in [-0.4, -0.2) is 41.0 Å². The lowest BCUT2D eigenvalue weighted by molar-refractivity contribution is -0.0806. The Kier molecular flexibility index (Phi) is 3.75. The SMILES string of the molecule is CC(C)(C)C1c2cc(Cl)ccc2OC12CCN(C(=O)O)CC2F. The lowest BCUT2D eigenvalue weighted by atomic mass is 9.64. The first-order valence-electron chi connectivity index (χ1n) is 7.75. The zero-order valence-electron chi connectivity index (χ0n) is 13.5. The number of alkyl halides is 1. The van der Waals surface area contributed by atoms with Crippen LogP contribution in [0.4, 0.5) is 9.18 Å². The molecular formula is C17H21ClFNO3. The maximum Gasteiger partial charge on any atom is 0.407 e. The van der Waals surface area contributed by atoms with Gasteiger partial charge in [0, 0.05) is 29.5 Å². The number of carboxylic acid groups (broad SMARTS) is 1. The molecule has 1 spiro atoms. The van der Waals surface area contributed by atoms with Crippen molar-refractivity contribution >= 4 is 17.7 Å². The number of amides is 1. The maximum atomic E-state index is 15.1. The third-order valence-electron chi connectivity index (χ3n) is 4.89. The van der Waals surface area contributed by atoms with E-state index in [-0.39, 0.29) is 24.4 Å². The average molecular weight is 342 g/mol. The smallest absolute Gasteiger partial charge is 0.407 e. The minimum Gasteiger partial charge on any atom is -0.483 e. The Balaban J connectivity index is 2.04. The van der Waals surface area contributed by atoms with Crippen LogP contribution in [0.5, 0.6) is 5.75 Å². The maximum absolute atomic E-state index is 15.1. The van der Waals surface area contributed by atoms with Crippen LogP contribution in [-0.2, 0) is 0 Å². The molecule has 3 unspecified atom stereocenters. The monoisotopic (exact) mass is 341 g/mol. The van der Waals surface area contributed by atoms with Gasteiger partial charge in [0.1, 0.15) is 5.75 Å². The summed E-state index contributed by atoms with van der Waals surface area (Å²) in [5, 5.41) is 9.72. The highest BCUT2D eigenvalue weighted by atomic mass is 35.5. The highest BCUT2D eigenvalue weighted by Gasteiger charge is 2.60. The van der Waals surface area contributed by atoms with E-state index in [2.05, 4.69) is 20.8 Å². The lowest BCUT2D eigenvalue weighted by Crippen LogP contribution is -2.60. The molecule has 3 rings (SSSR count). The van der Waals surface area contributed by atoms with Crippen LogP contribution in [0.1, 0.15) is 38.7 Å². The molecule has 3 atom stereocenters. The number of halogens is 2. The van der Waals surface area contributed by atoms with Gasteiger partial charge in [0.2, 0.25) is 0 Å². The second-order valence-corrected chi connectivity index (χ2v) is 7.92. The molecule has 0 aliphatic carbocycles. The fraction of sp³-hybridized carbons (Fsp3) is 0.588. The van der Waals surface area contributed by atoms with Crippen LogP contribution in [0.15, 0.2) is 18.2 Å². The van der Waals surface area contributed by atoms with E-state index in [1.807, 2.05) is 6.07 Å². The summed E-state index contributed by atoms with van der Waals surface area (Å²) >= 11 is 6.13. The number of rotatable bonds is 0. The number of likely N-dealkylation sites (tertiary alicyclic amines) is 1. The number of hydrogen-bond donors (Lipinski definition) is 1. The fourth-order valence-corrected chi connectivity index (χ4v) is 4.26. The van der Waals surface area contributed by atoms with E-state index in [9.17, 15) is 4.79 Å². The van der Waals surface area contributed by atoms with Crippen LogP contribution in [0.2, 0.25) is 5.02 Å². The molecule has 1 saturated heterocycles. The molecule has 2 aliphatic heterocycles. The Bertz CT molecular complexity index is 645. The zero-order valence-corrected chi connectivity index (χ0v) is 14.2. The topological polar surface area (TPSA) is 49.8 Å². The number of ether oxygens (including phenoxy) is 1. The summed E-state index contributed by atoms with van der Waals surface area (Å²) in [4.78, 5) is 12.3. The first kappa shape index (κ1) is 16.4. The molecule has 23 heavy (non-hydrogen) atoms. The van der Waals surface area contributed by atoms with Crippen molar-refractivity contribution in [3.05, 3.63) is 28.8 Å². The molecule has 2 heterocycles. The summed E-state index contributed by atoms with van der Waals surface area (Å²) in [5.41, 5.74) is -0.362. The van der Waals surface area contributed by atoms with Gasteiger partial charge in [-0.3, -0.25) is 0 Å². The second-order valence-electron chi connectivity index (χ2n) is 7.48. The first-order valence-corrected chi connectivity index (χ1v) is 8.13. The zero-order chi connectivity index (χ0) is 17.0. The van der Waals surface area contributed by atoms with Crippen molar-refractivity contribution in [2.75, 3.05) is 13.1 Å². The summed E-state index contributed by atoms with van der Waals surface area (Å²) in [6.45, 7) is 6.26. The van der Waals surface area contributed by atoms with Crippen LogP contribution in [0.25, 0.3) is 0 Å². The number of fused-ring (bicyclic) bond motifs is 1. The van der Waals surface area contributed by atoms with Crippen molar-refractivity contribution < 1.29 is 19.0 Å². The van der Waals surface area contributed by atoms with Gasteiger partial charge in [-0.1, -0.05) is 32.4 Å². The number of nitrogens with zero attached hydrogens (tertiary/aromatic N) is 1. The predicted octanol–water partition coefficient (Wildman–Crippen LogP) is 4.32. The van der Waals surface area contributed by atoms with Gasteiger partial charge in [-0.15, -0.1) is 0 Å². The van der Waals surface area contributed by atoms with Gasteiger partial charge in [0.25, 0.3) is 0 Å². The molecular weight excluding hydrogens is 321 g/mol. The van der Waals surface area contributed by atoms with Gasteiger partial charge >= 0.3 is 6.09 Å². The Morgan fingerprint density at radius 3 is 2.74 bits per heavy atom.